The fraction of sp³-hybridized carbons (Fsp3) is 0.350. The van der Waals surface area contributed by atoms with Crippen LogP contribution >= 0.6 is 15.9 Å². The molecule has 0 bridgehead atoms. The number of benzene rings is 2. The molecule has 0 aliphatic carbocycles. The lowest BCUT2D eigenvalue weighted by Crippen LogP contribution is -2.21. The summed E-state index contributed by atoms with van der Waals surface area (Å²) in [6, 6.07) is 10.1. The fourth-order valence-corrected chi connectivity index (χ4v) is 3.34. The van der Waals surface area contributed by atoms with Crippen molar-refractivity contribution in [2.24, 2.45) is 0 Å². The number of halogens is 1. The normalized spacial score (nSPS) is 10.5. The number of ether oxygens (including phenoxy) is 1. The zero-order chi connectivity index (χ0) is 17.7. The molecule has 0 aliphatic heterocycles. The minimum absolute atomic E-state index is 0.0154. The van der Waals surface area contributed by atoms with Crippen molar-refractivity contribution >= 4 is 27.5 Å². The third-order valence-corrected chi connectivity index (χ3v) is 4.45. The van der Waals surface area contributed by atoms with Gasteiger partial charge in [-0.2, -0.15) is 0 Å². The maximum atomic E-state index is 12.2. The lowest BCUT2D eigenvalue weighted by atomic mass is 10.1. The maximum absolute atomic E-state index is 12.2. The first kappa shape index (κ1) is 18.5. The number of aryl methyl sites for hydroxylation is 4. The quantitative estimate of drug-likeness (QED) is 0.723. The molecule has 1 N–H and O–H groups in total. The smallest absolute Gasteiger partial charge is 0.262 e. The van der Waals surface area contributed by atoms with Gasteiger partial charge in [0, 0.05) is 5.69 Å². The molecule has 0 aliphatic rings. The van der Waals surface area contributed by atoms with Gasteiger partial charge in [-0.1, -0.05) is 37.1 Å². The van der Waals surface area contributed by atoms with Crippen molar-refractivity contribution in [3.63, 3.8) is 0 Å². The van der Waals surface area contributed by atoms with Gasteiger partial charge in [-0.15, -0.1) is 0 Å². The number of carbonyl (C=O) groups is 1. The number of hydrogen-bond acceptors (Lipinski definition) is 2. The van der Waals surface area contributed by atoms with E-state index in [9.17, 15) is 4.79 Å². The van der Waals surface area contributed by atoms with Gasteiger partial charge in [0.05, 0.1) is 4.47 Å². The van der Waals surface area contributed by atoms with Crippen LogP contribution in [0.4, 0.5) is 5.69 Å². The zero-order valence-corrected chi connectivity index (χ0v) is 16.3. The molecule has 3 nitrogen and oxygen atoms in total. The second kappa shape index (κ2) is 8.34. The second-order valence-corrected chi connectivity index (χ2v) is 6.98. The number of anilines is 1. The third-order valence-electron chi connectivity index (χ3n) is 3.84. The Labute approximate surface area is 152 Å². The van der Waals surface area contributed by atoms with Crippen molar-refractivity contribution in [1.82, 2.24) is 0 Å². The Hall–Kier alpha value is -1.81. The molecule has 0 spiro atoms. The van der Waals surface area contributed by atoms with E-state index in [-0.39, 0.29) is 12.5 Å². The summed E-state index contributed by atoms with van der Waals surface area (Å²) < 4.78 is 6.53. The lowest BCUT2D eigenvalue weighted by Gasteiger charge is -2.14. The Morgan fingerprint density at radius 1 is 1.12 bits per heavy atom. The molecule has 0 heterocycles. The molecule has 0 fully saturated rings. The van der Waals surface area contributed by atoms with Crippen molar-refractivity contribution in [3.8, 4) is 5.75 Å². The van der Waals surface area contributed by atoms with Gasteiger partial charge >= 0.3 is 0 Å². The number of carbonyl (C=O) groups excluding carboxylic acids is 1. The molecule has 2 aromatic carbocycles. The van der Waals surface area contributed by atoms with Crippen LogP contribution in [0, 0.1) is 20.8 Å². The highest BCUT2D eigenvalue weighted by atomic mass is 79.9. The predicted octanol–water partition coefficient (Wildman–Crippen LogP) is 5.34. The molecule has 0 unspecified atom stereocenters. The zero-order valence-electron chi connectivity index (χ0n) is 14.7. The molecule has 4 heteroatoms. The summed E-state index contributed by atoms with van der Waals surface area (Å²) in [6.07, 6.45) is 2.13. The van der Waals surface area contributed by atoms with Gasteiger partial charge < -0.3 is 10.1 Å². The van der Waals surface area contributed by atoms with Gasteiger partial charge in [0.2, 0.25) is 0 Å². The lowest BCUT2D eigenvalue weighted by molar-refractivity contribution is -0.118. The van der Waals surface area contributed by atoms with Crippen LogP contribution in [0.3, 0.4) is 0 Å². The van der Waals surface area contributed by atoms with E-state index in [1.807, 2.05) is 32.0 Å². The van der Waals surface area contributed by atoms with Gasteiger partial charge in [-0.3, -0.25) is 4.79 Å². The van der Waals surface area contributed by atoms with Crippen LogP contribution in [0.5, 0.6) is 5.75 Å². The van der Waals surface area contributed by atoms with E-state index in [0.29, 0.717) is 5.75 Å². The van der Waals surface area contributed by atoms with E-state index in [2.05, 4.69) is 47.2 Å². The van der Waals surface area contributed by atoms with Gasteiger partial charge in [0.25, 0.3) is 5.91 Å². The first-order chi connectivity index (χ1) is 11.4. The molecule has 24 heavy (non-hydrogen) atoms. The molecule has 1 amide bonds. The molecule has 0 saturated heterocycles. The Kier molecular flexibility index (Phi) is 6.44. The summed E-state index contributed by atoms with van der Waals surface area (Å²) >= 11 is 3.51. The average Bonchev–Trinajstić information content (AvgIpc) is 2.50. The Bertz CT molecular complexity index is 717. The van der Waals surface area contributed by atoms with Crippen LogP contribution in [0.1, 0.15) is 35.6 Å². The van der Waals surface area contributed by atoms with Gasteiger partial charge in [0.15, 0.2) is 6.61 Å². The summed E-state index contributed by atoms with van der Waals surface area (Å²) in [4.78, 5) is 12.2. The van der Waals surface area contributed by atoms with E-state index >= 15 is 0 Å². The highest BCUT2D eigenvalue weighted by Gasteiger charge is 2.10. The van der Waals surface area contributed by atoms with Crippen molar-refractivity contribution in [2.45, 2.75) is 40.5 Å². The second-order valence-electron chi connectivity index (χ2n) is 6.13. The predicted molar refractivity (Wildman–Crippen MR) is 103 cm³/mol. The first-order valence-corrected chi connectivity index (χ1v) is 8.99. The standard InChI is InChI=1S/C20H24BrNO2/c1-5-6-16-7-8-18(17(21)11-16)24-12-19(23)22-20-14(3)9-13(2)10-15(20)4/h7-11H,5-6,12H2,1-4H3,(H,22,23). The van der Waals surface area contributed by atoms with Crippen molar-refractivity contribution in [2.75, 3.05) is 11.9 Å². The SMILES string of the molecule is CCCc1ccc(OCC(=O)Nc2c(C)cc(C)cc2C)c(Br)c1. The highest BCUT2D eigenvalue weighted by molar-refractivity contribution is 9.10. The Morgan fingerprint density at radius 2 is 1.79 bits per heavy atom. The van der Waals surface area contributed by atoms with Crippen LogP contribution < -0.4 is 10.1 Å². The van der Waals surface area contributed by atoms with E-state index in [4.69, 9.17) is 4.74 Å². The van der Waals surface area contributed by atoms with Crippen LogP contribution in [-0.4, -0.2) is 12.5 Å². The highest BCUT2D eigenvalue weighted by Crippen LogP contribution is 2.27. The molecule has 0 saturated carbocycles. The minimum Gasteiger partial charge on any atom is -0.483 e. The molecular weight excluding hydrogens is 366 g/mol. The summed E-state index contributed by atoms with van der Waals surface area (Å²) in [5, 5.41) is 2.95. The van der Waals surface area contributed by atoms with Crippen LogP contribution in [-0.2, 0) is 11.2 Å². The third kappa shape index (κ3) is 4.84. The Balaban J connectivity index is 1.99. The molecule has 0 aromatic heterocycles. The van der Waals surface area contributed by atoms with Crippen LogP contribution in [0.25, 0.3) is 0 Å². The molecule has 0 atom stereocenters. The largest absolute Gasteiger partial charge is 0.483 e. The molecule has 0 radical (unpaired) electrons. The molecule has 2 rings (SSSR count). The summed E-state index contributed by atoms with van der Waals surface area (Å²) in [7, 11) is 0. The van der Waals surface area contributed by atoms with E-state index in [1.54, 1.807) is 0 Å². The minimum atomic E-state index is -0.158. The molecule has 2 aromatic rings. The van der Waals surface area contributed by atoms with E-state index < -0.39 is 0 Å². The van der Waals surface area contributed by atoms with Crippen molar-refractivity contribution in [1.29, 1.82) is 0 Å². The van der Waals surface area contributed by atoms with Crippen molar-refractivity contribution in [3.05, 3.63) is 57.1 Å². The first-order valence-electron chi connectivity index (χ1n) is 8.19. The molecular formula is C20H24BrNO2. The number of nitrogens with one attached hydrogen (secondary N) is 1. The fourth-order valence-electron chi connectivity index (χ4n) is 2.80. The van der Waals surface area contributed by atoms with Gasteiger partial charge in [0.1, 0.15) is 5.75 Å². The topological polar surface area (TPSA) is 38.3 Å². The summed E-state index contributed by atoms with van der Waals surface area (Å²) in [5.41, 5.74) is 5.44. The van der Waals surface area contributed by atoms with Crippen molar-refractivity contribution < 1.29 is 9.53 Å². The molecule has 128 valence electrons. The van der Waals surface area contributed by atoms with Crippen LogP contribution in [0.2, 0.25) is 0 Å². The average molecular weight is 390 g/mol. The number of amides is 1. The summed E-state index contributed by atoms with van der Waals surface area (Å²) in [6.45, 7) is 8.18. The number of rotatable bonds is 6. The Morgan fingerprint density at radius 3 is 2.38 bits per heavy atom. The maximum Gasteiger partial charge on any atom is 0.262 e. The monoisotopic (exact) mass is 389 g/mol. The number of hydrogen-bond donors (Lipinski definition) is 1. The van der Waals surface area contributed by atoms with E-state index in [0.717, 1.165) is 34.1 Å². The van der Waals surface area contributed by atoms with Gasteiger partial charge in [-0.25, -0.2) is 0 Å². The summed E-state index contributed by atoms with van der Waals surface area (Å²) in [5.74, 6) is 0.525. The van der Waals surface area contributed by atoms with Gasteiger partial charge in [-0.05, 0) is 71.9 Å². The van der Waals surface area contributed by atoms with E-state index in [1.165, 1.54) is 11.1 Å². The van der Waals surface area contributed by atoms with Crippen LogP contribution in [0.15, 0.2) is 34.8 Å².